The van der Waals surface area contributed by atoms with Gasteiger partial charge in [-0.15, -0.1) is 0 Å². The van der Waals surface area contributed by atoms with Gasteiger partial charge in [0.1, 0.15) is 5.69 Å². The number of aryl methyl sites for hydroxylation is 1. The fourth-order valence-electron chi connectivity index (χ4n) is 4.39. The van der Waals surface area contributed by atoms with Gasteiger partial charge in [0.05, 0.1) is 16.3 Å². The van der Waals surface area contributed by atoms with Crippen molar-refractivity contribution >= 4 is 76.8 Å². The van der Waals surface area contributed by atoms with Gasteiger partial charge in [-0.3, -0.25) is 4.79 Å². The summed E-state index contributed by atoms with van der Waals surface area (Å²) in [7, 11) is 0. The molecule has 0 aliphatic heterocycles. The molecule has 200 valence electrons. The number of esters is 1. The molecule has 5 rings (SSSR count). The first-order valence-electron chi connectivity index (χ1n) is 12.3. The van der Waals surface area contributed by atoms with Crippen LogP contribution in [0.15, 0.2) is 103 Å². The van der Waals surface area contributed by atoms with Gasteiger partial charge in [0.2, 0.25) is 0 Å². The van der Waals surface area contributed by atoms with Gasteiger partial charge in [-0.2, -0.15) is 5.10 Å². The molecule has 2 N–H and O–H groups in total. The van der Waals surface area contributed by atoms with E-state index in [1.807, 2.05) is 42.5 Å². The first kappa shape index (κ1) is 28.0. The summed E-state index contributed by atoms with van der Waals surface area (Å²) in [6, 6.07) is 26.2. The predicted molar refractivity (Wildman–Crippen MR) is 169 cm³/mol. The zero-order valence-electron chi connectivity index (χ0n) is 21.2. The van der Waals surface area contributed by atoms with E-state index in [9.17, 15) is 9.59 Å². The average Bonchev–Trinajstić information content (AvgIpc) is 3.35. The van der Waals surface area contributed by atoms with Crippen molar-refractivity contribution < 1.29 is 14.3 Å². The molecule has 6 nitrogen and oxygen atoms in total. The Hall–Kier alpha value is -3.53. The topological polar surface area (TPSA) is 83.5 Å². The zero-order valence-corrected chi connectivity index (χ0v) is 25.9. The number of ether oxygens (including phenoxy) is 1. The van der Waals surface area contributed by atoms with E-state index in [2.05, 4.69) is 76.3 Å². The van der Waals surface area contributed by atoms with Gasteiger partial charge in [-0.1, -0.05) is 87.3 Å². The maximum atomic E-state index is 13.4. The lowest BCUT2D eigenvalue weighted by atomic mass is 10.00. The molecule has 1 aromatic heterocycles. The molecule has 5 aromatic rings. The lowest BCUT2D eigenvalue weighted by Crippen LogP contribution is -2.19. The largest absolute Gasteiger partial charge is 0.421 e. The Morgan fingerprint density at radius 1 is 0.925 bits per heavy atom. The van der Waals surface area contributed by atoms with Crippen molar-refractivity contribution in [1.82, 2.24) is 10.4 Å². The minimum Gasteiger partial charge on any atom is -0.421 e. The number of nitrogens with zero attached hydrogens (tertiary/aromatic N) is 1. The third kappa shape index (κ3) is 5.96. The molecule has 0 fully saturated rings. The number of H-pyrrole nitrogens is 1. The van der Waals surface area contributed by atoms with E-state index in [1.165, 1.54) is 6.21 Å². The zero-order chi connectivity index (χ0) is 28.2. The van der Waals surface area contributed by atoms with Crippen LogP contribution in [-0.4, -0.2) is 23.1 Å². The third-order valence-electron chi connectivity index (χ3n) is 6.27. The summed E-state index contributed by atoms with van der Waals surface area (Å²) in [4.78, 5) is 29.6. The number of hydrogen-bond donors (Lipinski definition) is 2. The minimum absolute atomic E-state index is 0.275. The number of fused-ring (bicyclic) bond motifs is 1. The summed E-state index contributed by atoms with van der Waals surface area (Å²) in [5, 5.41) is 5.19. The number of hydrazone groups is 1. The molecule has 0 aliphatic carbocycles. The highest BCUT2D eigenvalue weighted by atomic mass is 79.9. The van der Waals surface area contributed by atoms with Crippen LogP contribution in [0.25, 0.3) is 22.0 Å². The predicted octanol–water partition coefficient (Wildman–Crippen LogP) is 8.67. The molecule has 1 heterocycles. The van der Waals surface area contributed by atoms with Gasteiger partial charge in [0.15, 0.2) is 5.75 Å². The molecular weight excluding hydrogens is 702 g/mol. The van der Waals surface area contributed by atoms with Crippen LogP contribution >= 0.6 is 47.8 Å². The van der Waals surface area contributed by atoms with Crippen molar-refractivity contribution in [2.24, 2.45) is 5.10 Å². The van der Waals surface area contributed by atoms with E-state index in [1.54, 1.807) is 36.4 Å². The summed E-state index contributed by atoms with van der Waals surface area (Å²) in [6.45, 7) is 2.08. The maximum Gasteiger partial charge on any atom is 0.343 e. The first-order chi connectivity index (χ1) is 19.4. The van der Waals surface area contributed by atoms with Crippen LogP contribution in [0.2, 0.25) is 0 Å². The van der Waals surface area contributed by atoms with Crippen LogP contribution in [0, 0.1) is 0 Å². The number of para-hydroxylation sites is 1. The molecular formula is C31H22Br3N3O3. The summed E-state index contributed by atoms with van der Waals surface area (Å²) in [5.41, 5.74) is 7.72. The molecule has 0 atom stereocenters. The average molecular weight is 724 g/mol. The van der Waals surface area contributed by atoms with E-state index >= 15 is 0 Å². The Bertz CT molecular complexity index is 1750. The van der Waals surface area contributed by atoms with Crippen LogP contribution in [-0.2, 0) is 6.42 Å². The molecule has 4 aromatic carbocycles. The van der Waals surface area contributed by atoms with Crippen molar-refractivity contribution in [2.45, 2.75) is 13.3 Å². The summed E-state index contributed by atoms with van der Waals surface area (Å²) < 4.78 is 7.86. The molecule has 0 bridgehead atoms. The van der Waals surface area contributed by atoms with E-state index in [4.69, 9.17) is 4.74 Å². The number of halogens is 3. The van der Waals surface area contributed by atoms with Gasteiger partial charge < -0.3 is 9.72 Å². The normalized spacial score (nSPS) is 11.2. The summed E-state index contributed by atoms with van der Waals surface area (Å²) in [5.74, 6) is -0.639. The number of amides is 1. The van der Waals surface area contributed by atoms with Gasteiger partial charge in [0, 0.05) is 31.0 Å². The number of carbonyl (C=O) groups is 2. The number of benzene rings is 4. The number of nitrogens with one attached hydrogen (secondary N) is 2. The van der Waals surface area contributed by atoms with Gasteiger partial charge in [0.25, 0.3) is 5.91 Å². The molecule has 0 radical (unpaired) electrons. The fraction of sp³-hybridized carbons (Fsp3) is 0.0645. The molecule has 0 saturated heterocycles. The Morgan fingerprint density at radius 3 is 2.40 bits per heavy atom. The standard InChI is InChI=1S/C31H22Br3N3O3/c1-2-18-9-6-10-24-26(19-7-4-3-5-8-19)28(36-27(18)24)30(38)37-35-17-21-15-23(33)16-25(34)29(21)40-31(39)20-11-13-22(32)14-12-20/h3-17,36H,2H2,1H3,(H,37,38). The van der Waals surface area contributed by atoms with Gasteiger partial charge in [-0.05, 0) is 69.9 Å². The molecule has 0 unspecified atom stereocenters. The van der Waals surface area contributed by atoms with E-state index in [-0.39, 0.29) is 5.75 Å². The second kappa shape index (κ2) is 12.3. The highest BCUT2D eigenvalue weighted by molar-refractivity contribution is 9.11. The molecule has 0 saturated carbocycles. The van der Waals surface area contributed by atoms with Crippen molar-refractivity contribution in [1.29, 1.82) is 0 Å². The van der Waals surface area contributed by atoms with Crippen molar-refractivity contribution in [2.75, 3.05) is 0 Å². The smallest absolute Gasteiger partial charge is 0.343 e. The van der Waals surface area contributed by atoms with Crippen LogP contribution in [0.4, 0.5) is 0 Å². The summed E-state index contributed by atoms with van der Waals surface area (Å²) in [6.07, 6.45) is 2.27. The number of carbonyl (C=O) groups excluding carboxylic acids is 2. The Balaban J connectivity index is 1.45. The monoisotopic (exact) mass is 721 g/mol. The SMILES string of the molecule is CCc1cccc2c(-c3ccccc3)c(C(=O)NN=Cc3cc(Br)cc(Br)c3OC(=O)c3ccc(Br)cc3)[nH]c12. The lowest BCUT2D eigenvalue weighted by molar-refractivity contribution is 0.0733. The number of rotatable bonds is 7. The molecule has 40 heavy (non-hydrogen) atoms. The number of aromatic amines is 1. The second-order valence-electron chi connectivity index (χ2n) is 8.84. The highest BCUT2D eigenvalue weighted by Gasteiger charge is 2.20. The van der Waals surface area contributed by atoms with Gasteiger partial charge >= 0.3 is 5.97 Å². The third-order valence-corrected chi connectivity index (χ3v) is 7.85. The van der Waals surface area contributed by atoms with Crippen molar-refractivity contribution in [3.8, 4) is 16.9 Å². The summed E-state index contributed by atoms with van der Waals surface area (Å²) >= 11 is 10.3. The second-order valence-corrected chi connectivity index (χ2v) is 11.5. The lowest BCUT2D eigenvalue weighted by Gasteiger charge is -2.11. The van der Waals surface area contributed by atoms with Crippen LogP contribution in [0.1, 0.15) is 38.9 Å². The van der Waals surface area contributed by atoms with E-state index in [0.29, 0.717) is 21.3 Å². The first-order valence-corrected chi connectivity index (χ1v) is 14.7. The van der Waals surface area contributed by atoms with Crippen LogP contribution in [0.5, 0.6) is 5.75 Å². The van der Waals surface area contributed by atoms with Crippen molar-refractivity contribution in [3.63, 3.8) is 0 Å². The Labute approximate surface area is 256 Å². The maximum absolute atomic E-state index is 13.4. The number of aromatic nitrogens is 1. The van der Waals surface area contributed by atoms with Crippen LogP contribution in [0.3, 0.4) is 0 Å². The molecule has 0 aliphatic rings. The Morgan fingerprint density at radius 2 is 1.68 bits per heavy atom. The van der Waals surface area contributed by atoms with Gasteiger partial charge in [-0.25, -0.2) is 10.2 Å². The fourth-order valence-corrected chi connectivity index (χ4v) is 5.99. The molecule has 9 heteroatoms. The van der Waals surface area contributed by atoms with Crippen molar-refractivity contribution in [3.05, 3.63) is 121 Å². The number of hydrogen-bond acceptors (Lipinski definition) is 4. The Kier molecular flexibility index (Phi) is 8.63. The van der Waals surface area contributed by atoms with E-state index < -0.39 is 11.9 Å². The molecule has 0 spiro atoms. The quantitative estimate of drug-likeness (QED) is 0.0763. The van der Waals surface area contributed by atoms with Crippen LogP contribution < -0.4 is 10.2 Å². The minimum atomic E-state index is -0.522. The highest BCUT2D eigenvalue weighted by Crippen LogP contribution is 2.35. The van der Waals surface area contributed by atoms with E-state index in [0.717, 1.165) is 43.0 Å². The molecule has 1 amide bonds.